The van der Waals surface area contributed by atoms with Gasteiger partial charge in [-0.05, 0) is 25.0 Å². The summed E-state index contributed by atoms with van der Waals surface area (Å²) in [5.41, 5.74) is 2.03. The first-order chi connectivity index (χ1) is 12.2. The van der Waals surface area contributed by atoms with E-state index >= 15 is 0 Å². The lowest BCUT2D eigenvalue weighted by atomic mass is 10.0. The van der Waals surface area contributed by atoms with Gasteiger partial charge in [0.15, 0.2) is 0 Å². The monoisotopic (exact) mass is 430 g/mol. The zero-order chi connectivity index (χ0) is 19.4. The fraction of sp³-hybridized carbons (Fsp3) is 0.143. The van der Waals surface area contributed by atoms with Gasteiger partial charge in [0.1, 0.15) is 16.7 Å². The van der Waals surface area contributed by atoms with Gasteiger partial charge >= 0.3 is 0 Å². The Balaban J connectivity index is 2.34. The van der Waals surface area contributed by atoms with Crippen molar-refractivity contribution >= 4 is 74.0 Å². The number of hydrogen-bond donors (Lipinski definition) is 4. The molecule has 0 radical (unpaired) electrons. The average molecular weight is 431 g/mol. The fourth-order valence-corrected chi connectivity index (χ4v) is 3.01. The minimum Gasteiger partial charge on any atom is -0.0454 e. The second-order valence-electron chi connectivity index (χ2n) is 5.22. The summed E-state index contributed by atoms with van der Waals surface area (Å²) in [7, 11) is 0. The van der Waals surface area contributed by atoms with E-state index in [0.29, 0.717) is 40.6 Å². The maximum atomic E-state index is 11.7. The Morgan fingerprint density at radius 2 is 0.923 bits per heavy atom. The summed E-state index contributed by atoms with van der Waals surface area (Å²) >= 11 is 14.8. The molecule has 0 N–H and O–H groups in total. The predicted octanol–water partition coefficient (Wildman–Crippen LogP) is 4.49. The molecule has 0 saturated heterocycles. The molecule has 26 heavy (non-hydrogen) atoms. The van der Waals surface area contributed by atoms with Crippen molar-refractivity contribution in [1.82, 2.24) is 0 Å². The Morgan fingerprint density at radius 3 is 1.19 bits per heavy atom. The third-order valence-corrected chi connectivity index (χ3v) is 4.55. The van der Waals surface area contributed by atoms with Crippen molar-refractivity contribution < 1.29 is 16.7 Å². The van der Waals surface area contributed by atoms with Gasteiger partial charge in [0.05, 0.1) is 12.1 Å². The Hall–Kier alpha value is -1.76. The molecule has 0 bridgehead atoms. The highest BCUT2D eigenvalue weighted by Crippen LogP contribution is 2.31. The summed E-state index contributed by atoms with van der Waals surface area (Å²) in [5, 5.41) is 0. The highest BCUT2D eigenvalue weighted by molar-refractivity contribution is 7.74. The van der Waals surface area contributed by atoms with Gasteiger partial charge in [0.25, 0.3) is 22.7 Å². The first-order valence-corrected chi connectivity index (χ1v) is 8.71. The highest BCUT2D eigenvalue weighted by atomic mass is 32.1. The SMILES string of the molecule is O=[N+](S)c1ccc(CCc2ccc([N+](=O)S)cc2[N+](=O)S)c([N+](=O)S)c1. The van der Waals surface area contributed by atoms with Gasteiger partial charge in [0, 0.05) is 42.9 Å². The Morgan fingerprint density at radius 1 is 0.577 bits per heavy atom. The first-order valence-electron chi connectivity index (χ1n) is 7.11. The van der Waals surface area contributed by atoms with Crippen molar-refractivity contribution in [2.24, 2.45) is 0 Å². The number of hydrogen-bond acceptors (Lipinski definition) is 4. The summed E-state index contributed by atoms with van der Waals surface area (Å²) in [5.74, 6) is 0. The summed E-state index contributed by atoms with van der Waals surface area (Å²) in [4.78, 5) is 45.9. The molecule has 0 heterocycles. The zero-order valence-electron chi connectivity index (χ0n) is 13.1. The van der Waals surface area contributed by atoms with Crippen LogP contribution in [0.3, 0.4) is 0 Å². The number of nitrogens with zero attached hydrogens (tertiary/aromatic N) is 4. The standard InChI is InChI=1S/C14H14N4O4S4/c19-15(23)11-5-3-9(13(7-11)17(21)25)1-2-10-4-6-12(16(20)24)8-14(10)18(22)26/h3-8H,1-2H2,(H,19,23)(H,20,24)(H,21,25)(H,22,26)/q+4. The van der Waals surface area contributed by atoms with E-state index in [0.717, 1.165) is 0 Å². The molecule has 0 aromatic heterocycles. The van der Waals surface area contributed by atoms with Crippen LogP contribution in [0, 0.1) is 19.6 Å². The normalized spacial score (nSPS) is 10.5. The van der Waals surface area contributed by atoms with E-state index in [1.54, 1.807) is 12.1 Å². The molecule has 0 aliphatic carbocycles. The molecule has 0 saturated carbocycles. The Labute approximate surface area is 170 Å². The van der Waals surface area contributed by atoms with Crippen LogP contribution < -0.4 is 0 Å². The second kappa shape index (κ2) is 8.75. The predicted molar refractivity (Wildman–Crippen MR) is 109 cm³/mol. The van der Waals surface area contributed by atoms with Crippen molar-refractivity contribution in [3.05, 3.63) is 67.2 Å². The van der Waals surface area contributed by atoms with Crippen molar-refractivity contribution in [2.45, 2.75) is 12.8 Å². The molecular formula is C14H14N4O4S4+4. The van der Waals surface area contributed by atoms with E-state index in [1.165, 1.54) is 24.3 Å². The summed E-state index contributed by atoms with van der Waals surface area (Å²) in [6.45, 7) is 0. The van der Waals surface area contributed by atoms with Crippen LogP contribution in [0.15, 0.2) is 36.4 Å². The van der Waals surface area contributed by atoms with Crippen LogP contribution in [-0.2, 0) is 12.8 Å². The number of thiol groups is 4. The minimum atomic E-state index is 0.192. The molecule has 2 aromatic carbocycles. The van der Waals surface area contributed by atoms with E-state index in [-0.39, 0.29) is 22.7 Å². The lowest BCUT2D eigenvalue weighted by molar-refractivity contribution is -0.271. The quantitative estimate of drug-likeness (QED) is 0.385. The van der Waals surface area contributed by atoms with Crippen LogP contribution >= 0.6 is 51.3 Å². The van der Waals surface area contributed by atoms with Gasteiger partial charge in [-0.2, -0.15) is 0 Å². The third-order valence-electron chi connectivity index (χ3n) is 3.66. The molecule has 134 valence electrons. The smallest absolute Gasteiger partial charge is 0.0454 e. The lowest BCUT2D eigenvalue weighted by Gasteiger charge is -2.03. The lowest BCUT2D eigenvalue weighted by Crippen LogP contribution is -2.00. The van der Waals surface area contributed by atoms with Crippen LogP contribution in [0.25, 0.3) is 0 Å². The van der Waals surface area contributed by atoms with E-state index in [2.05, 4.69) is 51.3 Å². The Kier molecular flexibility index (Phi) is 6.92. The van der Waals surface area contributed by atoms with Gasteiger partial charge in [0.2, 0.25) is 51.3 Å². The molecule has 0 aliphatic heterocycles. The van der Waals surface area contributed by atoms with Gasteiger partial charge in [-0.25, -0.2) is 0 Å². The maximum Gasteiger partial charge on any atom is 0.282 e. The van der Waals surface area contributed by atoms with Crippen LogP contribution in [0.5, 0.6) is 0 Å². The van der Waals surface area contributed by atoms with E-state index in [4.69, 9.17) is 0 Å². The highest BCUT2D eigenvalue weighted by Gasteiger charge is 2.25. The number of rotatable bonds is 7. The van der Waals surface area contributed by atoms with Crippen molar-refractivity contribution in [3.63, 3.8) is 0 Å². The van der Waals surface area contributed by atoms with E-state index < -0.39 is 0 Å². The molecule has 2 rings (SSSR count). The van der Waals surface area contributed by atoms with Crippen molar-refractivity contribution in [1.29, 1.82) is 0 Å². The van der Waals surface area contributed by atoms with Gasteiger partial charge < -0.3 is 0 Å². The summed E-state index contributed by atoms with van der Waals surface area (Å²) in [6, 6.07) is 9.01. The van der Waals surface area contributed by atoms with Gasteiger partial charge in [-0.1, -0.05) is 0 Å². The topological polar surface area (TPSA) is 80.3 Å². The number of aryl methyl sites for hydroxylation is 2. The molecule has 0 amide bonds. The molecule has 0 atom stereocenters. The van der Waals surface area contributed by atoms with Crippen LogP contribution in [0.4, 0.5) is 22.7 Å². The fourth-order valence-electron chi connectivity index (χ4n) is 2.39. The largest absolute Gasteiger partial charge is 0.282 e. The van der Waals surface area contributed by atoms with Crippen LogP contribution in [-0.4, -0.2) is 16.7 Å². The molecule has 2 aromatic rings. The third kappa shape index (κ3) is 4.90. The van der Waals surface area contributed by atoms with Gasteiger partial charge in [-0.15, -0.1) is 0 Å². The van der Waals surface area contributed by atoms with E-state index in [9.17, 15) is 19.6 Å². The molecule has 8 nitrogen and oxygen atoms in total. The molecule has 0 fully saturated rings. The average Bonchev–Trinajstić information content (AvgIpc) is 2.59. The number of benzene rings is 2. The summed E-state index contributed by atoms with van der Waals surface area (Å²) in [6.07, 6.45) is 0.770. The summed E-state index contributed by atoms with van der Waals surface area (Å²) < 4.78 is 1.39. The minimum absolute atomic E-state index is 0.192. The second-order valence-corrected chi connectivity index (χ2v) is 6.67. The molecule has 0 aliphatic rings. The Bertz CT molecular complexity index is 860. The van der Waals surface area contributed by atoms with Crippen molar-refractivity contribution in [3.8, 4) is 0 Å². The molecule has 0 spiro atoms. The zero-order valence-corrected chi connectivity index (χ0v) is 16.7. The number of nitroso groups, excluding NO2 is 4. The molecule has 12 heteroatoms. The first kappa shape index (κ1) is 20.6. The van der Waals surface area contributed by atoms with Crippen molar-refractivity contribution in [2.75, 3.05) is 0 Å². The molecular weight excluding hydrogens is 416 g/mol. The maximum absolute atomic E-state index is 11.7. The van der Waals surface area contributed by atoms with Gasteiger partial charge in [-0.3, -0.25) is 0 Å². The van der Waals surface area contributed by atoms with Crippen LogP contribution in [0.2, 0.25) is 0 Å². The molecule has 0 unspecified atom stereocenters. The van der Waals surface area contributed by atoms with E-state index in [1.807, 2.05) is 0 Å². The van der Waals surface area contributed by atoms with Crippen LogP contribution in [0.1, 0.15) is 11.1 Å².